The maximum Gasteiger partial charge on any atom is 0.261 e. The van der Waals surface area contributed by atoms with E-state index in [1.165, 1.54) is 0 Å². The van der Waals surface area contributed by atoms with Gasteiger partial charge < -0.3 is 9.64 Å². The van der Waals surface area contributed by atoms with Crippen LogP contribution in [0, 0.1) is 6.92 Å². The lowest BCUT2D eigenvalue weighted by Crippen LogP contribution is -2.33. The highest BCUT2D eigenvalue weighted by Crippen LogP contribution is 2.36. The van der Waals surface area contributed by atoms with Gasteiger partial charge in [-0.15, -0.1) is 0 Å². The number of anilines is 1. The fourth-order valence-electron chi connectivity index (χ4n) is 4.38. The molecule has 0 spiro atoms. The van der Waals surface area contributed by atoms with Gasteiger partial charge >= 0.3 is 0 Å². The van der Waals surface area contributed by atoms with Gasteiger partial charge in [0.05, 0.1) is 35.8 Å². The smallest absolute Gasteiger partial charge is 0.261 e. The lowest BCUT2D eigenvalue weighted by molar-refractivity contribution is 0.184. The van der Waals surface area contributed by atoms with Crippen LogP contribution < -0.4 is 10.5 Å². The van der Waals surface area contributed by atoms with Crippen molar-refractivity contribution in [3.63, 3.8) is 0 Å². The molecule has 1 aromatic carbocycles. The number of aryl methyl sites for hydroxylation is 1. The van der Waals surface area contributed by atoms with Gasteiger partial charge in [0.2, 0.25) is 0 Å². The summed E-state index contributed by atoms with van der Waals surface area (Å²) in [4.78, 5) is 25.2. The third kappa shape index (κ3) is 3.04. The topological polar surface area (TPSA) is 77.6 Å². The van der Waals surface area contributed by atoms with Gasteiger partial charge in [0, 0.05) is 26.0 Å². The molecule has 5 rings (SSSR count). The van der Waals surface area contributed by atoms with Crippen LogP contribution in [0.2, 0.25) is 0 Å². The predicted molar refractivity (Wildman–Crippen MR) is 115 cm³/mol. The van der Waals surface area contributed by atoms with Crippen LogP contribution in [0.5, 0.6) is 0 Å². The minimum absolute atomic E-state index is 0.0223. The Bertz CT molecular complexity index is 1280. The molecule has 8 nitrogen and oxygen atoms in total. The highest BCUT2D eigenvalue weighted by atomic mass is 16.5. The number of methoxy groups -OCH3 is 1. The van der Waals surface area contributed by atoms with E-state index in [4.69, 9.17) is 9.72 Å². The summed E-state index contributed by atoms with van der Waals surface area (Å²) in [6.07, 6.45) is 5.55. The van der Waals surface area contributed by atoms with Crippen molar-refractivity contribution < 1.29 is 4.74 Å². The van der Waals surface area contributed by atoms with Crippen molar-refractivity contribution in [2.75, 3.05) is 25.2 Å². The van der Waals surface area contributed by atoms with Crippen LogP contribution in [-0.2, 0) is 11.3 Å². The Kier molecular flexibility index (Phi) is 4.71. The van der Waals surface area contributed by atoms with Crippen LogP contribution in [0.3, 0.4) is 0 Å². The second-order valence-electron chi connectivity index (χ2n) is 7.65. The zero-order valence-corrected chi connectivity index (χ0v) is 17.2. The molecule has 1 aliphatic heterocycles. The molecule has 0 amide bonds. The van der Waals surface area contributed by atoms with Crippen molar-refractivity contribution in [3.8, 4) is 0 Å². The van der Waals surface area contributed by atoms with Crippen molar-refractivity contribution in [1.82, 2.24) is 24.1 Å². The first kappa shape index (κ1) is 18.7. The van der Waals surface area contributed by atoms with Gasteiger partial charge in [-0.1, -0.05) is 12.1 Å². The summed E-state index contributed by atoms with van der Waals surface area (Å²) >= 11 is 0. The second kappa shape index (κ2) is 7.53. The monoisotopic (exact) mass is 404 g/mol. The molecule has 0 radical (unpaired) electrons. The quantitative estimate of drug-likeness (QED) is 0.509. The number of hydrogen-bond donors (Lipinski definition) is 0. The normalized spacial score (nSPS) is 16.7. The van der Waals surface area contributed by atoms with Gasteiger partial charge in [0.15, 0.2) is 5.82 Å². The van der Waals surface area contributed by atoms with E-state index in [1.54, 1.807) is 17.9 Å². The maximum atomic E-state index is 13.3. The van der Waals surface area contributed by atoms with Gasteiger partial charge in [-0.2, -0.15) is 5.10 Å². The standard InChI is InChI=1S/C22H24N6O2/c1-15-14-19-20(23-9-11-28(19)25-15)26-10-5-8-18(26)21-24-17-7-4-3-6-16(17)22(29)27(21)12-13-30-2/h3-4,6-7,9,11,14,18H,5,8,10,12-13H2,1-2H3. The number of hydrogen-bond acceptors (Lipinski definition) is 6. The molecule has 1 aliphatic rings. The molecule has 4 aromatic rings. The lowest BCUT2D eigenvalue weighted by atomic mass is 10.1. The molecule has 4 heterocycles. The van der Waals surface area contributed by atoms with Crippen molar-refractivity contribution in [1.29, 1.82) is 0 Å². The molecule has 0 bridgehead atoms. The fourth-order valence-corrected chi connectivity index (χ4v) is 4.38. The van der Waals surface area contributed by atoms with E-state index in [-0.39, 0.29) is 11.6 Å². The summed E-state index contributed by atoms with van der Waals surface area (Å²) in [5.41, 5.74) is 2.62. The average Bonchev–Trinajstić information content (AvgIpc) is 3.38. The minimum Gasteiger partial charge on any atom is -0.383 e. The number of para-hydroxylation sites is 1. The second-order valence-corrected chi connectivity index (χ2v) is 7.65. The van der Waals surface area contributed by atoms with E-state index in [9.17, 15) is 4.79 Å². The zero-order chi connectivity index (χ0) is 20.7. The molecule has 0 N–H and O–H groups in total. The lowest BCUT2D eigenvalue weighted by Gasteiger charge is -2.28. The Morgan fingerprint density at radius 3 is 3.00 bits per heavy atom. The van der Waals surface area contributed by atoms with Gasteiger partial charge in [-0.25, -0.2) is 14.5 Å². The Labute approximate surface area is 173 Å². The van der Waals surface area contributed by atoms with E-state index in [2.05, 4.69) is 15.0 Å². The molecule has 1 saturated heterocycles. The number of ether oxygens (including phenoxy) is 1. The maximum absolute atomic E-state index is 13.3. The van der Waals surface area contributed by atoms with Gasteiger partial charge in [0.1, 0.15) is 11.3 Å². The predicted octanol–water partition coefficient (Wildman–Crippen LogP) is 2.74. The zero-order valence-electron chi connectivity index (χ0n) is 17.2. The number of benzene rings is 1. The van der Waals surface area contributed by atoms with Crippen molar-refractivity contribution in [3.05, 3.63) is 64.6 Å². The first-order valence-electron chi connectivity index (χ1n) is 10.2. The minimum atomic E-state index is -0.0342. The average molecular weight is 404 g/mol. The number of fused-ring (bicyclic) bond motifs is 2. The van der Waals surface area contributed by atoms with E-state index < -0.39 is 0 Å². The summed E-state index contributed by atoms with van der Waals surface area (Å²) in [6.45, 7) is 3.76. The molecule has 30 heavy (non-hydrogen) atoms. The van der Waals surface area contributed by atoms with Crippen LogP contribution >= 0.6 is 0 Å². The molecule has 8 heteroatoms. The summed E-state index contributed by atoms with van der Waals surface area (Å²) < 4.78 is 8.91. The number of rotatable bonds is 5. The SMILES string of the molecule is COCCn1c(C2CCCN2c2nccn3nc(C)cc23)nc2ccccc2c1=O. The molecular weight excluding hydrogens is 380 g/mol. The van der Waals surface area contributed by atoms with E-state index >= 15 is 0 Å². The summed E-state index contributed by atoms with van der Waals surface area (Å²) in [7, 11) is 1.65. The molecular formula is C22H24N6O2. The third-order valence-corrected chi connectivity index (χ3v) is 5.72. The molecule has 3 aromatic heterocycles. The molecule has 154 valence electrons. The number of nitrogens with zero attached hydrogens (tertiary/aromatic N) is 6. The molecule has 1 fully saturated rings. The molecule has 1 atom stereocenters. The van der Waals surface area contributed by atoms with Crippen LogP contribution in [0.4, 0.5) is 5.82 Å². The largest absolute Gasteiger partial charge is 0.383 e. The fraction of sp³-hybridized carbons (Fsp3) is 0.364. The Hall–Kier alpha value is -3.26. The van der Waals surface area contributed by atoms with Crippen LogP contribution in [-0.4, -0.2) is 44.4 Å². The van der Waals surface area contributed by atoms with Crippen LogP contribution in [0.25, 0.3) is 16.4 Å². The first-order valence-corrected chi connectivity index (χ1v) is 10.2. The molecule has 0 saturated carbocycles. The Balaban J connectivity index is 1.67. The van der Waals surface area contributed by atoms with Crippen LogP contribution in [0.15, 0.2) is 47.5 Å². The van der Waals surface area contributed by atoms with E-state index in [0.29, 0.717) is 18.5 Å². The Morgan fingerprint density at radius 2 is 2.13 bits per heavy atom. The highest BCUT2D eigenvalue weighted by molar-refractivity contribution is 5.77. The van der Waals surface area contributed by atoms with E-state index in [1.807, 2.05) is 48.0 Å². The highest BCUT2D eigenvalue weighted by Gasteiger charge is 2.32. The third-order valence-electron chi connectivity index (χ3n) is 5.72. The molecule has 0 aliphatic carbocycles. The Morgan fingerprint density at radius 1 is 1.27 bits per heavy atom. The molecule has 1 unspecified atom stereocenters. The number of aromatic nitrogens is 5. The summed E-state index contributed by atoms with van der Waals surface area (Å²) in [5, 5.41) is 5.15. The van der Waals surface area contributed by atoms with Gasteiger partial charge in [0.25, 0.3) is 5.56 Å². The van der Waals surface area contributed by atoms with Crippen LogP contribution in [0.1, 0.15) is 30.4 Å². The van der Waals surface area contributed by atoms with Crippen molar-refractivity contribution in [2.24, 2.45) is 0 Å². The van der Waals surface area contributed by atoms with Crippen molar-refractivity contribution >= 4 is 22.2 Å². The summed E-state index contributed by atoms with van der Waals surface area (Å²) in [5.74, 6) is 1.65. The summed E-state index contributed by atoms with van der Waals surface area (Å²) in [6, 6.07) is 9.54. The van der Waals surface area contributed by atoms with Gasteiger partial charge in [-0.3, -0.25) is 9.36 Å². The van der Waals surface area contributed by atoms with Gasteiger partial charge in [-0.05, 0) is 38.0 Å². The first-order chi connectivity index (χ1) is 14.7. The van der Waals surface area contributed by atoms with E-state index in [0.717, 1.165) is 47.8 Å². The van der Waals surface area contributed by atoms with Crippen molar-refractivity contribution in [2.45, 2.75) is 32.4 Å².